The molecule has 0 aromatic carbocycles. The van der Waals surface area contributed by atoms with Crippen molar-refractivity contribution in [3.8, 4) is 0 Å². The molecule has 0 bridgehead atoms. The summed E-state index contributed by atoms with van der Waals surface area (Å²) < 4.78 is 0. The first-order valence-electron chi connectivity index (χ1n) is 6.13. The van der Waals surface area contributed by atoms with E-state index in [4.69, 9.17) is 0 Å². The monoisotopic (exact) mass is 266 g/mol. The maximum atomic E-state index is 12.4. The van der Waals surface area contributed by atoms with Gasteiger partial charge in [0.1, 0.15) is 0 Å². The van der Waals surface area contributed by atoms with Crippen molar-refractivity contribution < 1.29 is 9.59 Å². The molecule has 2 heterocycles. The van der Waals surface area contributed by atoms with Crippen LogP contribution in [0, 0.1) is 5.92 Å². The van der Waals surface area contributed by atoms with E-state index >= 15 is 0 Å². The van der Waals surface area contributed by atoms with E-state index in [0.29, 0.717) is 12.5 Å². The highest BCUT2D eigenvalue weighted by atomic mass is 32.1. The average Bonchev–Trinajstić information content (AvgIpc) is 2.87. The Balaban J connectivity index is 2.18. The van der Waals surface area contributed by atoms with Crippen molar-refractivity contribution in [2.24, 2.45) is 5.92 Å². The van der Waals surface area contributed by atoms with E-state index in [1.807, 2.05) is 17.5 Å². The molecule has 1 N–H and O–H groups in total. The summed E-state index contributed by atoms with van der Waals surface area (Å²) in [5.41, 5.74) is -0.887. The zero-order valence-corrected chi connectivity index (χ0v) is 11.7. The van der Waals surface area contributed by atoms with Crippen LogP contribution in [0.1, 0.15) is 32.1 Å². The third kappa shape index (κ3) is 2.14. The molecule has 2 rings (SSSR count). The lowest BCUT2D eigenvalue weighted by molar-refractivity contribution is -0.131. The highest BCUT2D eigenvalue weighted by Gasteiger charge is 2.49. The minimum absolute atomic E-state index is 0.143. The number of imide groups is 1. The summed E-state index contributed by atoms with van der Waals surface area (Å²) in [6.45, 7) is 6.42. The number of urea groups is 1. The number of thiophene rings is 1. The molecule has 3 amide bonds. The lowest BCUT2D eigenvalue weighted by Crippen LogP contribution is -2.40. The Morgan fingerprint density at radius 3 is 2.72 bits per heavy atom. The van der Waals surface area contributed by atoms with Gasteiger partial charge >= 0.3 is 6.03 Å². The van der Waals surface area contributed by atoms with Crippen LogP contribution in [0.15, 0.2) is 17.5 Å². The van der Waals surface area contributed by atoms with Crippen LogP contribution in [0.5, 0.6) is 0 Å². The minimum atomic E-state index is -0.887. The van der Waals surface area contributed by atoms with E-state index in [-0.39, 0.29) is 11.9 Å². The Morgan fingerprint density at radius 2 is 2.17 bits per heavy atom. The summed E-state index contributed by atoms with van der Waals surface area (Å²) in [5.74, 6) is 0.329. The zero-order chi connectivity index (χ0) is 13.3. The fraction of sp³-hybridized carbons (Fsp3) is 0.538. The normalized spacial score (nSPS) is 23.9. The Morgan fingerprint density at radius 1 is 1.44 bits per heavy atom. The molecule has 1 aromatic rings. The molecule has 1 fully saturated rings. The van der Waals surface area contributed by atoms with E-state index in [1.54, 1.807) is 6.92 Å². The second-order valence-corrected chi connectivity index (χ2v) is 6.12. The zero-order valence-electron chi connectivity index (χ0n) is 10.9. The van der Waals surface area contributed by atoms with Crippen LogP contribution >= 0.6 is 11.3 Å². The Bertz CT molecular complexity index is 456. The van der Waals surface area contributed by atoms with Crippen LogP contribution < -0.4 is 5.32 Å². The van der Waals surface area contributed by atoms with E-state index in [9.17, 15) is 9.59 Å². The summed E-state index contributed by atoms with van der Waals surface area (Å²) in [6.07, 6.45) is 0.833. The average molecular weight is 266 g/mol. The van der Waals surface area contributed by atoms with Gasteiger partial charge in [-0.2, -0.15) is 0 Å². The third-order valence-corrected chi connectivity index (χ3v) is 4.31. The first kappa shape index (κ1) is 13.1. The first-order valence-corrected chi connectivity index (χ1v) is 7.01. The van der Waals surface area contributed by atoms with Gasteiger partial charge in [-0.05, 0) is 30.7 Å². The van der Waals surface area contributed by atoms with Crippen LogP contribution in [0.4, 0.5) is 4.79 Å². The number of carbonyl (C=O) groups is 2. The molecule has 0 saturated carbocycles. The molecular weight excluding hydrogens is 248 g/mol. The van der Waals surface area contributed by atoms with Crippen molar-refractivity contribution in [1.82, 2.24) is 10.2 Å². The molecule has 18 heavy (non-hydrogen) atoms. The molecule has 4 nitrogen and oxygen atoms in total. The second kappa shape index (κ2) is 4.72. The molecule has 1 aliphatic heterocycles. The summed E-state index contributed by atoms with van der Waals surface area (Å²) in [6, 6.07) is 3.49. The lowest BCUT2D eigenvalue weighted by atomic mass is 10.0. The molecule has 98 valence electrons. The van der Waals surface area contributed by atoms with Gasteiger partial charge in [0.2, 0.25) is 0 Å². The maximum absolute atomic E-state index is 12.4. The van der Waals surface area contributed by atoms with E-state index < -0.39 is 5.54 Å². The van der Waals surface area contributed by atoms with Crippen molar-refractivity contribution >= 4 is 23.3 Å². The maximum Gasteiger partial charge on any atom is 0.325 e. The van der Waals surface area contributed by atoms with Crippen molar-refractivity contribution in [2.45, 2.75) is 32.7 Å². The summed E-state index contributed by atoms with van der Waals surface area (Å²) >= 11 is 1.49. The van der Waals surface area contributed by atoms with Gasteiger partial charge in [0.15, 0.2) is 5.54 Å². The van der Waals surface area contributed by atoms with Gasteiger partial charge in [0.25, 0.3) is 5.91 Å². The smallest absolute Gasteiger partial charge is 0.319 e. The van der Waals surface area contributed by atoms with E-state index in [0.717, 1.165) is 11.3 Å². The van der Waals surface area contributed by atoms with Crippen LogP contribution in [-0.2, 0) is 10.3 Å². The van der Waals surface area contributed by atoms with Crippen LogP contribution in [-0.4, -0.2) is 23.4 Å². The van der Waals surface area contributed by atoms with Crippen LogP contribution in [0.25, 0.3) is 0 Å². The van der Waals surface area contributed by atoms with Gasteiger partial charge in [-0.3, -0.25) is 9.69 Å². The number of nitrogens with one attached hydrogen (secondary N) is 1. The van der Waals surface area contributed by atoms with Gasteiger partial charge in [-0.25, -0.2) is 4.79 Å². The van der Waals surface area contributed by atoms with Crippen LogP contribution in [0.3, 0.4) is 0 Å². The summed E-state index contributed by atoms with van der Waals surface area (Å²) in [5, 5.41) is 4.72. The Hall–Kier alpha value is -1.36. The number of amides is 3. The van der Waals surface area contributed by atoms with Crippen molar-refractivity contribution in [3.05, 3.63) is 22.4 Å². The Kier molecular flexibility index (Phi) is 3.43. The largest absolute Gasteiger partial charge is 0.325 e. The fourth-order valence-corrected chi connectivity index (χ4v) is 2.85. The summed E-state index contributed by atoms with van der Waals surface area (Å²) in [4.78, 5) is 26.5. The Labute approximate surface area is 111 Å². The molecule has 1 aliphatic rings. The van der Waals surface area contributed by atoms with Crippen molar-refractivity contribution in [2.75, 3.05) is 6.54 Å². The SMILES string of the molecule is CC(C)CCN1C(=O)NC(C)(c2cccs2)C1=O. The molecule has 1 atom stereocenters. The quantitative estimate of drug-likeness (QED) is 0.851. The number of rotatable bonds is 4. The van der Waals surface area contributed by atoms with Gasteiger partial charge < -0.3 is 5.32 Å². The van der Waals surface area contributed by atoms with Gasteiger partial charge in [-0.1, -0.05) is 19.9 Å². The van der Waals surface area contributed by atoms with Gasteiger partial charge in [0, 0.05) is 11.4 Å². The highest BCUT2D eigenvalue weighted by molar-refractivity contribution is 7.10. The highest BCUT2D eigenvalue weighted by Crippen LogP contribution is 2.31. The molecule has 0 aliphatic carbocycles. The molecule has 0 radical (unpaired) electrons. The molecule has 1 unspecified atom stereocenters. The predicted molar refractivity (Wildman–Crippen MR) is 71.4 cm³/mol. The van der Waals surface area contributed by atoms with E-state index in [1.165, 1.54) is 16.2 Å². The van der Waals surface area contributed by atoms with Crippen LogP contribution in [0.2, 0.25) is 0 Å². The second-order valence-electron chi connectivity index (χ2n) is 5.17. The number of hydrogen-bond acceptors (Lipinski definition) is 3. The number of hydrogen-bond donors (Lipinski definition) is 1. The van der Waals surface area contributed by atoms with Crippen molar-refractivity contribution in [3.63, 3.8) is 0 Å². The number of nitrogens with zero attached hydrogens (tertiary/aromatic N) is 1. The fourth-order valence-electron chi connectivity index (χ4n) is 2.02. The topological polar surface area (TPSA) is 49.4 Å². The molecule has 5 heteroatoms. The van der Waals surface area contributed by atoms with E-state index in [2.05, 4.69) is 19.2 Å². The summed E-state index contributed by atoms with van der Waals surface area (Å²) in [7, 11) is 0. The third-order valence-electron chi connectivity index (χ3n) is 3.22. The van der Waals surface area contributed by atoms with Gasteiger partial charge in [0.05, 0.1) is 0 Å². The standard InChI is InChI=1S/C13H18N2O2S/c1-9(2)6-7-15-11(16)13(3,14-12(15)17)10-5-4-8-18-10/h4-5,8-9H,6-7H2,1-3H3,(H,14,17). The predicted octanol–water partition coefficient (Wildman–Crippen LogP) is 2.56. The molecule has 1 aromatic heterocycles. The minimum Gasteiger partial charge on any atom is -0.319 e. The first-order chi connectivity index (χ1) is 8.45. The van der Waals surface area contributed by atoms with Gasteiger partial charge in [-0.15, -0.1) is 11.3 Å². The molecule has 0 spiro atoms. The number of carbonyl (C=O) groups excluding carboxylic acids is 2. The lowest BCUT2D eigenvalue weighted by Gasteiger charge is -2.20. The van der Waals surface area contributed by atoms with Crippen molar-refractivity contribution in [1.29, 1.82) is 0 Å². The molecular formula is C13H18N2O2S. The molecule has 1 saturated heterocycles.